The van der Waals surface area contributed by atoms with Crippen LogP contribution in [0.15, 0.2) is 18.5 Å². The summed E-state index contributed by atoms with van der Waals surface area (Å²) in [6.45, 7) is 9.08. The molecule has 1 atom stereocenters. The van der Waals surface area contributed by atoms with E-state index in [1.54, 1.807) is 6.20 Å². The highest BCUT2D eigenvalue weighted by molar-refractivity contribution is 5.28. The molecule has 0 amide bonds. The minimum atomic E-state index is 0.0956. The first-order valence-corrected chi connectivity index (χ1v) is 5.77. The first kappa shape index (κ1) is 13.0. The van der Waals surface area contributed by atoms with Crippen LogP contribution in [0.25, 0.3) is 0 Å². The fourth-order valence-corrected chi connectivity index (χ4v) is 1.23. The Bertz CT molecular complexity index is 331. The fourth-order valence-electron chi connectivity index (χ4n) is 1.23. The Balaban J connectivity index is 2.68. The molecule has 3 heteroatoms. The fraction of sp³-hybridized carbons (Fsp3) is 0.615. The summed E-state index contributed by atoms with van der Waals surface area (Å²) in [6.07, 6.45) is 4.54. The molecule has 1 heterocycles. The zero-order valence-electron chi connectivity index (χ0n) is 10.7. The second-order valence-electron chi connectivity index (χ2n) is 5.14. The van der Waals surface area contributed by atoms with Crippen LogP contribution < -0.4 is 10.5 Å². The number of pyridine rings is 1. The van der Waals surface area contributed by atoms with Gasteiger partial charge in [0.15, 0.2) is 0 Å². The number of hydrogen-bond donors (Lipinski definition) is 1. The number of aromatic nitrogens is 1. The predicted molar refractivity (Wildman–Crippen MR) is 66.7 cm³/mol. The molecule has 2 N–H and O–H groups in total. The molecular weight excluding hydrogens is 200 g/mol. The van der Waals surface area contributed by atoms with Crippen LogP contribution in [-0.4, -0.2) is 17.6 Å². The van der Waals surface area contributed by atoms with Gasteiger partial charge in [-0.3, -0.25) is 4.98 Å². The molecule has 0 aliphatic rings. The molecule has 0 saturated heterocycles. The lowest BCUT2D eigenvalue weighted by molar-refractivity contribution is 0.283. The number of nitrogens with two attached hydrogens (primary N) is 1. The van der Waals surface area contributed by atoms with Crippen molar-refractivity contribution in [1.29, 1.82) is 0 Å². The molecule has 0 bridgehead atoms. The van der Waals surface area contributed by atoms with Gasteiger partial charge < -0.3 is 10.5 Å². The van der Waals surface area contributed by atoms with Crippen LogP contribution in [0, 0.1) is 0 Å². The summed E-state index contributed by atoms with van der Waals surface area (Å²) in [5, 5.41) is 0. The summed E-state index contributed by atoms with van der Waals surface area (Å²) >= 11 is 0. The molecule has 3 nitrogen and oxygen atoms in total. The Morgan fingerprint density at radius 1 is 1.38 bits per heavy atom. The van der Waals surface area contributed by atoms with Crippen LogP contribution in [0.1, 0.15) is 39.7 Å². The van der Waals surface area contributed by atoms with Gasteiger partial charge in [0, 0.05) is 12.2 Å². The Morgan fingerprint density at radius 2 is 2.06 bits per heavy atom. The molecule has 16 heavy (non-hydrogen) atoms. The Kier molecular flexibility index (Phi) is 4.30. The second-order valence-corrected chi connectivity index (χ2v) is 5.14. The van der Waals surface area contributed by atoms with E-state index in [9.17, 15) is 0 Å². The summed E-state index contributed by atoms with van der Waals surface area (Å²) < 4.78 is 5.61. The number of hydrogen-bond acceptors (Lipinski definition) is 3. The summed E-state index contributed by atoms with van der Waals surface area (Å²) in [4.78, 5) is 4.19. The van der Waals surface area contributed by atoms with Crippen molar-refractivity contribution < 1.29 is 4.74 Å². The zero-order chi connectivity index (χ0) is 12.2. The van der Waals surface area contributed by atoms with E-state index in [2.05, 4.69) is 32.7 Å². The highest BCUT2D eigenvalue weighted by Gasteiger charge is 2.14. The summed E-state index contributed by atoms with van der Waals surface area (Å²) in [5.74, 6) is 0.802. The Hall–Kier alpha value is -1.09. The summed E-state index contributed by atoms with van der Waals surface area (Å²) in [6, 6.07) is 2.13. The molecule has 1 aromatic rings. The third-order valence-corrected chi connectivity index (χ3v) is 2.57. The summed E-state index contributed by atoms with van der Waals surface area (Å²) in [7, 11) is 0. The van der Waals surface area contributed by atoms with Crippen LogP contribution in [0.3, 0.4) is 0 Å². The molecule has 0 spiro atoms. The maximum atomic E-state index is 5.80. The normalized spacial score (nSPS) is 13.6. The molecule has 1 unspecified atom stereocenters. The molecule has 0 aliphatic carbocycles. The first-order valence-electron chi connectivity index (χ1n) is 5.77. The van der Waals surface area contributed by atoms with Gasteiger partial charge in [-0.1, -0.05) is 27.7 Å². The molecule has 1 rings (SSSR count). The first-order chi connectivity index (χ1) is 7.43. The molecular formula is C13H22N2O. The van der Waals surface area contributed by atoms with E-state index in [0.29, 0.717) is 6.61 Å². The lowest BCUT2D eigenvalue weighted by Crippen LogP contribution is -2.26. The molecule has 90 valence electrons. The van der Waals surface area contributed by atoms with Crippen molar-refractivity contribution in [3.05, 3.63) is 24.0 Å². The quantitative estimate of drug-likeness (QED) is 0.851. The van der Waals surface area contributed by atoms with Gasteiger partial charge in [-0.25, -0.2) is 0 Å². The summed E-state index contributed by atoms with van der Waals surface area (Å²) in [5.41, 5.74) is 7.07. The lowest BCUT2D eigenvalue weighted by Gasteiger charge is -2.19. The van der Waals surface area contributed by atoms with E-state index >= 15 is 0 Å². The zero-order valence-corrected chi connectivity index (χ0v) is 10.7. The van der Waals surface area contributed by atoms with Crippen LogP contribution >= 0.6 is 0 Å². The van der Waals surface area contributed by atoms with E-state index in [1.165, 1.54) is 5.56 Å². The van der Waals surface area contributed by atoms with Crippen LogP contribution in [0.2, 0.25) is 0 Å². The van der Waals surface area contributed by atoms with E-state index in [0.717, 1.165) is 12.2 Å². The Morgan fingerprint density at radius 3 is 2.62 bits per heavy atom. The third kappa shape index (κ3) is 3.81. The smallest absolute Gasteiger partial charge is 0.137 e. The van der Waals surface area contributed by atoms with Crippen molar-refractivity contribution in [2.45, 2.75) is 45.6 Å². The maximum Gasteiger partial charge on any atom is 0.137 e. The monoisotopic (exact) mass is 222 g/mol. The number of rotatable bonds is 4. The van der Waals surface area contributed by atoms with Crippen LogP contribution in [0.4, 0.5) is 0 Å². The highest BCUT2D eigenvalue weighted by Crippen LogP contribution is 2.24. The minimum absolute atomic E-state index is 0.0956. The van der Waals surface area contributed by atoms with Gasteiger partial charge in [-0.15, -0.1) is 0 Å². The van der Waals surface area contributed by atoms with Crippen LogP contribution in [0.5, 0.6) is 5.75 Å². The van der Waals surface area contributed by atoms with Crippen molar-refractivity contribution in [3.63, 3.8) is 0 Å². The van der Waals surface area contributed by atoms with E-state index in [1.807, 2.05) is 12.3 Å². The lowest BCUT2D eigenvalue weighted by atomic mass is 9.88. The molecule has 0 fully saturated rings. The maximum absolute atomic E-state index is 5.80. The van der Waals surface area contributed by atoms with E-state index < -0.39 is 0 Å². The molecule has 1 aromatic heterocycles. The van der Waals surface area contributed by atoms with E-state index in [4.69, 9.17) is 10.5 Å². The number of ether oxygens (including phenoxy) is 1. The van der Waals surface area contributed by atoms with Crippen molar-refractivity contribution in [2.75, 3.05) is 6.61 Å². The van der Waals surface area contributed by atoms with E-state index in [-0.39, 0.29) is 11.5 Å². The van der Waals surface area contributed by atoms with Crippen molar-refractivity contribution in [2.24, 2.45) is 5.73 Å². The Labute approximate surface area is 98.0 Å². The van der Waals surface area contributed by atoms with Gasteiger partial charge in [0.05, 0.1) is 6.20 Å². The van der Waals surface area contributed by atoms with Gasteiger partial charge in [0.2, 0.25) is 0 Å². The van der Waals surface area contributed by atoms with Crippen molar-refractivity contribution in [3.8, 4) is 5.75 Å². The molecule has 0 radical (unpaired) electrons. The molecule has 0 saturated carbocycles. The average molecular weight is 222 g/mol. The highest BCUT2D eigenvalue weighted by atomic mass is 16.5. The van der Waals surface area contributed by atoms with Gasteiger partial charge in [0.1, 0.15) is 12.4 Å². The second kappa shape index (κ2) is 5.30. The minimum Gasteiger partial charge on any atom is -0.490 e. The topological polar surface area (TPSA) is 48.1 Å². The predicted octanol–water partition coefficient (Wildman–Crippen LogP) is 2.50. The van der Waals surface area contributed by atoms with Gasteiger partial charge in [-0.05, 0) is 23.5 Å². The number of nitrogens with zero attached hydrogens (tertiary/aromatic N) is 1. The SMILES string of the molecule is CCC(N)COc1cncc(C(C)(C)C)c1. The third-order valence-electron chi connectivity index (χ3n) is 2.57. The van der Waals surface area contributed by atoms with Gasteiger partial charge in [0.25, 0.3) is 0 Å². The van der Waals surface area contributed by atoms with Crippen LogP contribution in [-0.2, 0) is 5.41 Å². The van der Waals surface area contributed by atoms with Gasteiger partial charge >= 0.3 is 0 Å². The van der Waals surface area contributed by atoms with Crippen molar-refractivity contribution in [1.82, 2.24) is 4.98 Å². The molecule has 0 aromatic carbocycles. The largest absolute Gasteiger partial charge is 0.490 e. The molecule has 0 aliphatic heterocycles. The van der Waals surface area contributed by atoms with Gasteiger partial charge in [-0.2, -0.15) is 0 Å². The average Bonchev–Trinajstić information content (AvgIpc) is 2.25. The standard InChI is InChI=1S/C13H22N2O/c1-5-11(14)9-16-12-6-10(7-15-8-12)13(2,3)4/h6-8,11H,5,9,14H2,1-4H3. The van der Waals surface area contributed by atoms with Crippen molar-refractivity contribution >= 4 is 0 Å².